The lowest BCUT2D eigenvalue weighted by molar-refractivity contribution is -0.0502. The molecule has 2 aliphatic rings. The van der Waals surface area contributed by atoms with E-state index in [9.17, 15) is 5.11 Å². The second kappa shape index (κ2) is 2.68. The van der Waals surface area contributed by atoms with E-state index in [0.29, 0.717) is 5.41 Å². The molecule has 0 amide bonds. The Labute approximate surface area is 67.4 Å². The van der Waals surface area contributed by atoms with Crippen molar-refractivity contribution in [1.82, 2.24) is 5.32 Å². The van der Waals surface area contributed by atoms with Crippen molar-refractivity contribution in [3.63, 3.8) is 0 Å². The second-order valence-corrected chi connectivity index (χ2v) is 3.34. The van der Waals surface area contributed by atoms with Gasteiger partial charge in [0.1, 0.15) is 0 Å². The zero-order valence-corrected chi connectivity index (χ0v) is 6.78. The first-order chi connectivity index (χ1) is 4.33. The zero-order valence-electron chi connectivity index (χ0n) is 5.97. The van der Waals surface area contributed by atoms with E-state index in [4.69, 9.17) is 0 Å². The van der Waals surface area contributed by atoms with E-state index in [1.807, 2.05) is 0 Å². The molecule has 1 aliphatic carbocycles. The summed E-state index contributed by atoms with van der Waals surface area (Å²) < 4.78 is 0. The molecule has 0 aromatic heterocycles. The minimum atomic E-state index is 0. The Morgan fingerprint density at radius 3 is 2.40 bits per heavy atom. The van der Waals surface area contributed by atoms with Crippen LogP contribution in [0.5, 0.6) is 0 Å². The van der Waals surface area contributed by atoms with Crippen LogP contribution >= 0.6 is 12.4 Å². The third-order valence-corrected chi connectivity index (χ3v) is 2.90. The fraction of sp³-hybridized carbons (Fsp3) is 1.00. The Balaban J connectivity index is 0.000000500. The standard InChI is InChI=1S/C7H13NO.ClH/c9-6-1-2-7(6)3-4-8-5-7;/h6,8-9H,1-5H2;1H. The SMILES string of the molecule is Cl.OC1CCC12CCNC2. The van der Waals surface area contributed by atoms with E-state index < -0.39 is 0 Å². The third-order valence-electron chi connectivity index (χ3n) is 2.90. The molecule has 2 atom stereocenters. The summed E-state index contributed by atoms with van der Waals surface area (Å²) in [6, 6.07) is 0. The summed E-state index contributed by atoms with van der Waals surface area (Å²) >= 11 is 0. The Kier molecular flexibility index (Phi) is 2.23. The average molecular weight is 164 g/mol. The molecule has 1 aliphatic heterocycles. The van der Waals surface area contributed by atoms with Gasteiger partial charge in [0.25, 0.3) is 0 Å². The Bertz CT molecular complexity index is 123. The second-order valence-electron chi connectivity index (χ2n) is 3.34. The van der Waals surface area contributed by atoms with E-state index in [2.05, 4.69) is 5.32 Å². The molecule has 0 radical (unpaired) electrons. The summed E-state index contributed by atoms with van der Waals surface area (Å²) in [6.45, 7) is 2.16. The van der Waals surface area contributed by atoms with Crippen molar-refractivity contribution < 1.29 is 5.11 Å². The van der Waals surface area contributed by atoms with Crippen LogP contribution < -0.4 is 5.32 Å². The van der Waals surface area contributed by atoms with Gasteiger partial charge >= 0.3 is 0 Å². The predicted octanol–water partition coefficient (Wildman–Crippen LogP) is 0.543. The quantitative estimate of drug-likeness (QED) is 0.547. The van der Waals surface area contributed by atoms with Crippen molar-refractivity contribution in [3.8, 4) is 0 Å². The van der Waals surface area contributed by atoms with Gasteiger partial charge in [-0.2, -0.15) is 0 Å². The average Bonchev–Trinajstić information content (AvgIpc) is 2.34. The maximum absolute atomic E-state index is 9.36. The highest BCUT2D eigenvalue weighted by molar-refractivity contribution is 5.85. The summed E-state index contributed by atoms with van der Waals surface area (Å²) in [5.74, 6) is 0. The summed E-state index contributed by atoms with van der Waals surface area (Å²) in [7, 11) is 0. The maximum Gasteiger partial charge on any atom is 0.0609 e. The van der Waals surface area contributed by atoms with E-state index in [0.717, 1.165) is 19.5 Å². The van der Waals surface area contributed by atoms with Crippen LogP contribution in [0.1, 0.15) is 19.3 Å². The van der Waals surface area contributed by atoms with Gasteiger partial charge < -0.3 is 10.4 Å². The fourth-order valence-corrected chi connectivity index (χ4v) is 1.94. The van der Waals surface area contributed by atoms with Gasteiger partial charge in [0.2, 0.25) is 0 Å². The molecular weight excluding hydrogens is 150 g/mol. The summed E-state index contributed by atoms with van der Waals surface area (Å²) in [6.07, 6.45) is 3.46. The van der Waals surface area contributed by atoms with Gasteiger partial charge in [-0.15, -0.1) is 12.4 Å². The monoisotopic (exact) mass is 163 g/mol. The Morgan fingerprint density at radius 2 is 2.20 bits per heavy atom. The van der Waals surface area contributed by atoms with E-state index in [1.165, 1.54) is 12.8 Å². The Morgan fingerprint density at radius 1 is 1.40 bits per heavy atom. The smallest absolute Gasteiger partial charge is 0.0609 e. The molecule has 0 aromatic rings. The lowest BCUT2D eigenvalue weighted by atomic mass is 9.66. The van der Waals surface area contributed by atoms with Crippen LogP contribution in [0.3, 0.4) is 0 Å². The molecule has 2 fully saturated rings. The molecule has 2 unspecified atom stereocenters. The van der Waals surface area contributed by atoms with Gasteiger partial charge in [-0.3, -0.25) is 0 Å². The van der Waals surface area contributed by atoms with Crippen molar-refractivity contribution in [2.24, 2.45) is 5.41 Å². The first-order valence-corrected chi connectivity index (χ1v) is 3.72. The number of hydrogen-bond acceptors (Lipinski definition) is 2. The molecule has 2 rings (SSSR count). The van der Waals surface area contributed by atoms with Crippen molar-refractivity contribution in [2.75, 3.05) is 13.1 Å². The van der Waals surface area contributed by atoms with Gasteiger partial charge in [0, 0.05) is 12.0 Å². The minimum Gasteiger partial charge on any atom is -0.392 e. The number of rotatable bonds is 0. The van der Waals surface area contributed by atoms with Crippen LogP contribution in [0.15, 0.2) is 0 Å². The van der Waals surface area contributed by atoms with Crippen LogP contribution in [-0.4, -0.2) is 24.3 Å². The highest BCUT2D eigenvalue weighted by atomic mass is 35.5. The number of nitrogens with one attached hydrogen (secondary N) is 1. The normalized spacial score (nSPS) is 44.7. The molecule has 1 heterocycles. The molecule has 2 nitrogen and oxygen atoms in total. The lowest BCUT2D eigenvalue weighted by Crippen LogP contribution is -2.46. The van der Waals surface area contributed by atoms with Crippen molar-refractivity contribution in [3.05, 3.63) is 0 Å². The third kappa shape index (κ3) is 0.949. The summed E-state index contributed by atoms with van der Waals surface area (Å²) in [5.41, 5.74) is 0.319. The predicted molar refractivity (Wildman–Crippen MR) is 42.4 cm³/mol. The van der Waals surface area contributed by atoms with Crippen LogP contribution in [0.25, 0.3) is 0 Å². The van der Waals surface area contributed by atoms with E-state index in [1.54, 1.807) is 0 Å². The van der Waals surface area contributed by atoms with Crippen LogP contribution in [0.2, 0.25) is 0 Å². The summed E-state index contributed by atoms with van der Waals surface area (Å²) in [4.78, 5) is 0. The molecule has 0 aromatic carbocycles. The van der Waals surface area contributed by atoms with Gasteiger partial charge in [0.05, 0.1) is 6.10 Å². The van der Waals surface area contributed by atoms with Gasteiger partial charge in [-0.25, -0.2) is 0 Å². The first kappa shape index (κ1) is 8.31. The molecule has 1 saturated carbocycles. The lowest BCUT2D eigenvalue weighted by Gasteiger charge is -2.43. The van der Waals surface area contributed by atoms with E-state index in [-0.39, 0.29) is 18.5 Å². The van der Waals surface area contributed by atoms with Gasteiger partial charge in [-0.05, 0) is 25.8 Å². The van der Waals surface area contributed by atoms with E-state index >= 15 is 0 Å². The molecule has 2 N–H and O–H groups in total. The van der Waals surface area contributed by atoms with Crippen LogP contribution in [-0.2, 0) is 0 Å². The number of hydrogen-bond donors (Lipinski definition) is 2. The maximum atomic E-state index is 9.36. The van der Waals surface area contributed by atoms with Crippen molar-refractivity contribution in [1.29, 1.82) is 0 Å². The number of halogens is 1. The molecule has 60 valence electrons. The topological polar surface area (TPSA) is 32.3 Å². The first-order valence-electron chi connectivity index (χ1n) is 3.72. The fourth-order valence-electron chi connectivity index (χ4n) is 1.94. The highest BCUT2D eigenvalue weighted by Crippen LogP contribution is 2.45. The molecular formula is C7H14ClNO. The zero-order chi connectivity index (χ0) is 6.32. The molecule has 3 heteroatoms. The van der Waals surface area contributed by atoms with Crippen LogP contribution in [0, 0.1) is 5.41 Å². The minimum absolute atomic E-state index is 0. The summed E-state index contributed by atoms with van der Waals surface area (Å²) in [5, 5.41) is 12.6. The largest absolute Gasteiger partial charge is 0.392 e. The van der Waals surface area contributed by atoms with Gasteiger partial charge in [0.15, 0.2) is 0 Å². The van der Waals surface area contributed by atoms with Crippen molar-refractivity contribution in [2.45, 2.75) is 25.4 Å². The molecule has 1 spiro atoms. The molecule has 10 heavy (non-hydrogen) atoms. The van der Waals surface area contributed by atoms with Crippen molar-refractivity contribution >= 4 is 12.4 Å². The Hall–Kier alpha value is 0.210. The van der Waals surface area contributed by atoms with Crippen LogP contribution in [0.4, 0.5) is 0 Å². The number of aliphatic hydroxyl groups is 1. The molecule has 0 bridgehead atoms. The highest BCUT2D eigenvalue weighted by Gasteiger charge is 2.47. The molecule has 1 saturated heterocycles. The number of aliphatic hydroxyl groups excluding tert-OH is 1. The van der Waals surface area contributed by atoms with Gasteiger partial charge in [-0.1, -0.05) is 0 Å².